The molecule has 7 heteroatoms. The molecule has 0 aliphatic heterocycles. The van der Waals surface area contributed by atoms with Gasteiger partial charge < -0.3 is 14.6 Å². The fraction of sp³-hybridized carbons (Fsp3) is 0.583. The highest BCUT2D eigenvalue weighted by atomic mass is 16.6. The maximum atomic E-state index is 12.3. The van der Waals surface area contributed by atoms with Gasteiger partial charge >= 0.3 is 0 Å². The molecule has 1 N–H and O–H groups in total. The van der Waals surface area contributed by atoms with Crippen molar-refractivity contribution in [3.8, 4) is 0 Å². The molecule has 0 fully saturated rings. The van der Waals surface area contributed by atoms with Crippen LogP contribution in [0.2, 0.25) is 0 Å². The molecule has 1 amide bonds. The van der Waals surface area contributed by atoms with Gasteiger partial charge in [-0.3, -0.25) is 14.9 Å². The topological polar surface area (TPSA) is 88.6 Å². The molecule has 0 aliphatic rings. The van der Waals surface area contributed by atoms with Crippen molar-refractivity contribution in [2.75, 3.05) is 13.7 Å². The first-order chi connectivity index (χ1) is 8.74. The predicted octanol–water partition coefficient (Wildman–Crippen LogP) is 1.26. The number of nitro groups is 1. The summed E-state index contributed by atoms with van der Waals surface area (Å²) in [5.74, 6) is -0.353. The molecule has 1 rings (SSSR count). The van der Waals surface area contributed by atoms with Crippen molar-refractivity contribution in [3.63, 3.8) is 0 Å². The Morgan fingerprint density at radius 3 is 2.58 bits per heavy atom. The summed E-state index contributed by atoms with van der Waals surface area (Å²) in [7, 11) is 1.57. The zero-order valence-corrected chi connectivity index (χ0v) is 11.6. The number of amides is 1. The fourth-order valence-electron chi connectivity index (χ4n) is 1.59. The van der Waals surface area contributed by atoms with Gasteiger partial charge in [0.1, 0.15) is 5.69 Å². The highest BCUT2D eigenvalue weighted by Crippen LogP contribution is 2.21. The molecule has 0 spiro atoms. The number of aliphatic hydroxyl groups is 1. The van der Waals surface area contributed by atoms with E-state index in [1.165, 1.54) is 21.7 Å². The Morgan fingerprint density at radius 1 is 1.58 bits per heavy atom. The van der Waals surface area contributed by atoms with Crippen molar-refractivity contribution < 1.29 is 14.8 Å². The molecule has 1 aromatic rings. The number of carbonyl (C=O) groups excluding carboxylic acids is 1. The number of hydrogen-bond donors (Lipinski definition) is 1. The van der Waals surface area contributed by atoms with Gasteiger partial charge in [-0.1, -0.05) is 0 Å². The fourth-order valence-corrected chi connectivity index (χ4v) is 1.59. The number of nitrogens with zero attached hydrogens (tertiary/aromatic N) is 3. The first-order valence-electron chi connectivity index (χ1n) is 5.98. The monoisotopic (exact) mass is 269 g/mol. The first-order valence-corrected chi connectivity index (χ1v) is 5.98. The van der Waals surface area contributed by atoms with Gasteiger partial charge in [-0.25, -0.2) is 0 Å². The van der Waals surface area contributed by atoms with Crippen LogP contribution in [-0.2, 0) is 6.54 Å². The largest absolute Gasteiger partial charge is 0.394 e. The van der Waals surface area contributed by atoms with Crippen LogP contribution in [-0.4, -0.2) is 44.6 Å². The van der Waals surface area contributed by atoms with Gasteiger partial charge in [0.2, 0.25) is 0 Å². The molecule has 0 unspecified atom stereocenters. The molecule has 1 heterocycles. The van der Waals surface area contributed by atoms with E-state index in [9.17, 15) is 20.0 Å². The lowest BCUT2D eigenvalue weighted by Gasteiger charge is -2.34. The van der Waals surface area contributed by atoms with Crippen LogP contribution in [0.25, 0.3) is 0 Å². The van der Waals surface area contributed by atoms with Crippen molar-refractivity contribution in [3.05, 3.63) is 28.1 Å². The Labute approximate surface area is 111 Å². The van der Waals surface area contributed by atoms with Crippen molar-refractivity contribution in [2.45, 2.75) is 32.9 Å². The molecule has 19 heavy (non-hydrogen) atoms. The van der Waals surface area contributed by atoms with Gasteiger partial charge in [-0.2, -0.15) is 0 Å². The van der Waals surface area contributed by atoms with E-state index in [-0.39, 0.29) is 23.9 Å². The summed E-state index contributed by atoms with van der Waals surface area (Å²) < 4.78 is 1.53. The Hall–Kier alpha value is -1.89. The Balaban J connectivity index is 3.15. The Morgan fingerprint density at radius 2 is 2.16 bits per heavy atom. The van der Waals surface area contributed by atoms with Crippen molar-refractivity contribution in [2.24, 2.45) is 0 Å². The van der Waals surface area contributed by atoms with Crippen molar-refractivity contribution in [1.29, 1.82) is 0 Å². The van der Waals surface area contributed by atoms with Crippen LogP contribution in [0.15, 0.2) is 12.3 Å². The van der Waals surface area contributed by atoms with Crippen molar-refractivity contribution in [1.82, 2.24) is 9.47 Å². The number of rotatable bonds is 5. The first kappa shape index (κ1) is 15.2. The molecule has 0 aliphatic carbocycles. The molecule has 0 atom stereocenters. The quantitative estimate of drug-likeness (QED) is 0.643. The summed E-state index contributed by atoms with van der Waals surface area (Å²) in [5.41, 5.74) is -0.590. The smallest absolute Gasteiger partial charge is 0.287 e. The van der Waals surface area contributed by atoms with Crippen LogP contribution in [0.5, 0.6) is 0 Å². The second kappa shape index (κ2) is 5.40. The third-order valence-electron chi connectivity index (χ3n) is 3.25. The van der Waals surface area contributed by atoms with E-state index in [4.69, 9.17) is 0 Å². The number of carbonyl (C=O) groups is 1. The minimum Gasteiger partial charge on any atom is -0.394 e. The molecule has 1 aromatic heterocycles. The maximum Gasteiger partial charge on any atom is 0.287 e. The third-order valence-corrected chi connectivity index (χ3v) is 3.25. The molecule has 7 nitrogen and oxygen atoms in total. The number of aliphatic hydroxyl groups excluding tert-OH is 1. The summed E-state index contributed by atoms with van der Waals surface area (Å²) in [4.78, 5) is 24.0. The van der Waals surface area contributed by atoms with Crippen LogP contribution >= 0.6 is 0 Å². The van der Waals surface area contributed by atoms with Crippen LogP contribution in [0.4, 0.5) is 5.69 Å². The van der Waals surface area contributed by atoms with E-state index in [0.29, 0.717) is 6.54 Å². The SMILES string of the molecule is CCn1cc([N+](=O)[O-])cc1C(=O)N(C)C(C)(C)CO. The second-order valence-electron chi connectivity index (χ2n) is 4.96. The second-order valence-corrected chi connectivity index (χ2v) is 4.96. The Kier molecular flexibility index (Phi) is 4.31. The summed E-state index contributed by atoms with van der Waals surface area (Å²) in [6.07, 6.45) is 1.34. The van der Waals surface area contributed by atoms with E-state index in [2.05, 4.69) is 0 Å². The average Bonchev–Trinajstić information content (AvgIpc) is 2.81. The third kappa shape index (κ3) is 2.93. The summed E-state index contributed by atoms with van der Waals surface area (Å²) in [6, 6.07) is 1.26. The van der Waals surface area contributed by atoms with Crippen molar-refractivity contribution >= 4 is 11.6 Å². The standard InChI is InChI=1S/C12H19N3O4/c1-5-14-7-9(15(18)19)6-10(14)11(17)13(4)12(2,3)8-16/h6-7,16H,5,8H2,1-4H3. The minimum absolute atomic E-state index is 0.111. The van der Waals surface area contributed by atoms with Gasteiger partial charge in [0.25, 0.3) is 11.6 Å². The minimum atomic E-state index is -0.727. The van der Waals surface area contributed by atoms with E-state index >= 15 is 0 Å². The summed E-state index contributed by atoms with van der Waals surface area (Å²) in [6.45, 7) is 5.52. The van der Waals surface area contributed by atoms with Gasteiger partial charge in [0.15, 0.2) is 0 Å². The summed E-state index contributed by atoms with van der Waals surface area (Å²) >= 11 is 0. The molecular weight excluding hydrogens is 250 g/mol. The zero-order valence-electron chi connectivity index (χ0n) is 11.6. The lowest BCUT2D eigenvalue weighted by atomic mass is 10.0. The molecule has 0 saturated carbocycles. The number of hydrogen-bond acceptors (Lipinski definition) is 4. The molecule has 0 bridgehead atoms. The van der Waals surface area contributed by atoms with Crippen LogP contribution in [0, 0.1) is 10.1 Å². The van der Waals surface area contributed by atoms with E-state index in [1.807, 2.05) is 0 Å². The van der Waals surface area contributed by atoms with Crippen LogP contribution in [0.1, 0.15) is 31.3 Å². The maximum absolute atomic E-state index is 12.3. The molecule has 0 radical (unpaired) electrons. The molecule has 0 saturated heterocycles. The predicted molar refractivity (Wildman–Crippen MR) is 70.0 cm³/mol. The van der Waals surface area contributed by atoms with Gasteiger partial charge in [0, 0.05) is 19.7 Å². The highest BCUT2D eigenvalue weighted by molar-refractivity contribution is 5.94. The van der Waals surface area contributed by atoms with E-state index < -0.39 is 10.5 Å². The molecule has 106 valence electrons. The van der Waals surface area contributed by atoms with Gasteiger partial charge in [-0.15, -0.1) is 0 Å². The lowest BCUT2D eigenvalue weighted by molar-refractivity contribution is -0.384. The normalized spacial score (nSPS) is 11.4. The van der Waals surface area contributed by atoms with Gasteiger partial charge in [-0.05, 0) is 20.8 Å². The number of aromatic nitrogens is 1. The highest BCUT2D eigenvalue weighted by Gasteiger charge is 2.30. The summed E-state index contributed by atoms with van der Waals surface area (Å²) in [5, 5.41) is 20.0. The zero-order chi connectivity index (χ0) is 14.8. The molecule has 0 aromatic carbocycles. The lowest BCUT2D eigenvalue weighted by Crippen LogP contribution is -2.48. The number of likely N-dealkylation sites (N-methyl/N-ethyl adjacent to an activating group) is 1. The van der Waals surface area contributed by atoms with E-state index in [1.54, 1.807) is 27.8 Å². The number of aryl methyl sites for hydroxylation is 1. The van der Waals surface area contributed by atoms with Crippen LogP contribution < -0.4 is 0 Å². The van der Waals surface area contributed by atoms with Gasteiger partial charge in [0.05, 0.1) is 23.3 Å². The molecular formula is C12H19N3O4. The average molecular weight is 269 g/mol. The van der Waals surface area contributed by atoms with E-state index in [0.717, 1.165) is 0 Å². The van der Waals surface area contributed by atoms with Crippen LogP contribution in [0.3, 0.4) is 0 Å². The Bertz CT molecular complexity index is 493.